The predicted octanol–water partition coefficient (Wildman–Crippen LogP) is -9.15. The number of hydrogen-bond acceptors (Lipinski definition) is 36. The highest BCUT2D eigenvalue weighted by Crippen LogP contribution is 2.39. The van der Waals surface area contributed by atoms with Crippen LogP contribution in [0.2, 0.25) is 0 Å². The first-order chi connectivity index (χ1) is 44.1. The first-order valence-corrected chi connectivity index (χ1v) is 29.7. The summed E-state index contributed by atoms with van der Waals surface area (Å²) in [6, 6.07) is 9.10. The Morgan fingerprint density at radius 3 is 0.533 bits per heavy atom. The largest absolute Gasteiger partial charge is 0.387 e. The molecule has 1 aromatic rings. The van der Waals surface area contributed by atoms with Gasteiger partial charge >= 0.3 is 0 Å². The van der Waals surface area contributed by atoms with Crippen molar-refractivity contribution < 1.29 is 176 Å². The van der Waals surface area contributed by atoms with Gasteiger partial charge in [0.05, 0.1) is 46.2 Å². The van der Waals surface area contributed by atoms with Crippen molar-refractivity contribution in [2.45, 2.75) is 215 Å². The maximum atomic E-state index is 11.7. The molecule has 0 spiro atoms. The molecule has 1 aromatic carbocycles. The van der Waals surface area contributed by atoms with Crippen LogP contribution >= 0.6 is 0 Å². The molecule has 35 unspecified atom stereocenters. The zero-order valence-electron chi connectivity index (χ0n) is 51.4. The van der Waals surface area contributed by atoms with Crippen molar-refractivity contribution in [3.05, 3.63) is 35.9 Å². The Morgan fingerprint density at radius 2 is 0.413 bits per heavy atom. The number of ether oxygens (including phenoxy) is 21. The van der Waals surface area contributed by atoms with Crippen LogP contribution in [-0.2, 0) is 99.5 Å². The number of aliphatic hydroxyl groups excluding tert-OH is 14. The normalized spacial score (nSPS) is 48.0. The Hall–Kier alpha value is -2.51. The van der Waals surface area contributed by atoms with Gasteiger partial charge in [-0.3, -0.25) is 4.79 Å². The van der Waals surface area contributed by atoms with E-state index in [0.29, 0.717) is 0 Å². The fourth-order valence-electron chi connectivity index (χ4n) is 12.0. The molecule has 36 heteroatoms. The molecule has 0 aliphatic carbocycles. The molecule has 0 radical (unpaired) electrons. The van der Waals surface area contributed by atoms with Crippen molar-refractivity contribution in [3.63, 3.8) is 0 Å². The van der Waals surface area contributed by atoms with Crippen molar-refractivity contribution in [1.82, 2.24) is 0 Å². The van der Waals surface area contributed by atoms with E-state index >= 15 is 0 Å². The molecule has 530 valence electrons. The Kier molecular flexibility index (Phi) is 28.5. The van der Waals surface area contributed by atoms with Gasteiger partial charge in [0, 0.05) is 55.3 Å². The average molecular weight is 1340 g/mol. The molecule has 36 nitrogen and oxygen atoms in total. The maximum absolute atomic E-state index is 11.7. The Balaban J connectivity index is 0.00000126. The van der Waals surface area contributed by atoms with Gasteiger partial charge in [0.25, 0.3) is 0 Å². The number of methoxy groups -OCH3 is 7. The molecular weight excluding hydrogens is 1250 g/mol. The maximum Gasteiger partial charge on any atom is 0.187 e. The summed E-state index contributed by atoms with van der Waals surface area (Å²) in [7, 11) is 8.84. The van der Waals surface area contributed by atoms with Crippen molar-refractivity contribution in [3.8, 4) is 0 Å². The van der Waals surface area contributed by atoms with Crippen molar-refractivity contribution in [2.24, 2.45) is 0 Å². The van der Waals surface area contributed by atoms with E-state index in [4.69, 9.17) is 99.5 Å². The number of hydrogen-bond donors (Lipinski definition) is 14. The second-order valence-corrected chi connectivity index (χ2v) is 23.1. The fourth-order valence-corrected chi connectivity index (χ4v) is 12.0. The molecule has 0 aromatic heterocycles. The van der Waals surface area contributed by atoms with E-state index in [2.05, 4.69) is 0 Å². The molecule has 35 atom stereocenters. The van der Waals surface area contributed by atoms with Gasteiger partial charge in [0.1, 0.15) is 177 Å². The van der Waals surface area contributed by atoms with Crippen LogP contribution in [0.15, 0.2) is 30.3 Å². The molecule has 22 rings (SSSR count). The van der Waals surface area contributed by atoms with E-state index in [0.717, 1.165) is 11.8 Å². The van der Waals surface area contributed by atoms with Gasteiger partial charge < -0.3 is 171 Å². The number of carbonyl (C=O) groups excluding carboxylic acids is 1. The zero-order valence-corrected chi connectivity index (χ0v) is 51.4. The summed E-state index contributed by atoms with van der Waals surface area (Å²) >= 11 is 0. The molecule has 92 heavy (non-hydrogen) atoms. The molecule has 14 N–H and O–H groups in total. The Labute approximate surface area is 527 Å². The van der Waals surface area contributed by atoms with Crippen molar-refractivity contribution in [1.29, 1.82) is 0 Å². The average Bonchev–Trinajstić information content (AvgIpc) is 0.790. The number of carbonyl (C=O) groups is 1. The molecule has 0 amide bonds. The highest BCUT2D eigenvalue weighted by molar-refractivity contribution is 5.74. The van der Waals surface area contributed by atoms with Crippen LogP contribution in [0.4, 0.5) is 0 Å². The minimum atomic E-state index is -2.05. The molecule has 0 saturated carbocycles. The van der Waals surface area contributed by atoms with Gasteiger partial charge in [-0.1, -0.05) is 30.3 Å². The number of benzene rings is 1. The van der Waals surface area contributed by atoms with Crippen LogP contribution in [0, 0.1) is 0 Å². The quantitative estimate of drug-likeness (QED) is 0.0725. The highest BCUT2D eigenvalue weighted by atomic mass is 16.8. The van der Waals surface area contributed by atoms with E-state index in [-0.39, 0.29) is 0 Å². The van der Waals surface area contributed by atoms with E-state index in [9.17, 15) is 76.3 Å². The lowest BCUT2D eigenvalue weighted by Crippen LogP contribution is -2.68. The molecule has 14 bridgehead atoms. The lowest BCUT2D eigenvalue weighted by molar-refractivity contribution is -0.397. The monoisotopic (exact) mass is 1340 g/mol. The summed E-state index contributed by atoms with van der Waals surface area (Å²) in [6.45, 7) is -2.75. The van der Waals surface area contributed by atoms with Gasteiger partial charge in [0.15, 0.2) is 44.0 Å². The minimum absolute atomic E-state index is 0.393. The fraction of sp³-hybridized carbons (Fsp3) is 0.875. The van der Waals surface area contributed by atoms with E-state index in [1.807, 2.05) is 18.2 Å². The van der Waals surface area contributed by atoms with E-state index in [1.54, 1.807) is 12.1 Å². The highest BCUT2D eigenvalue weighted by Gasteiger charge is 2.60. The summed E-state index contributed by atoms with van der Waals surface area (Å²) in [6.07, 6.45) is -61.8. The third-order valence-corrected chi connectivity index (χ3v) is 16.8. The summed E-state index contributed by atoms with van der Waals surface area (Å²) in [4.78, 5) is 10.0. The Bertz CT molecular complexity index is 1940. The number of aliphatic hydroxyl groups is 14. The Morgan fingerprint density at radius 1 is 0.261 bits per heavy atom. The third kappa shape index (κ3) is 17.0. The van der Waals surface area contributed by atoms with E-state index in [1.165, 1.54) is 49.8 Å². The summed E-state index contributed by atoms with van der Waals surface area (Å²) < 4.78 is 122. The zero-order chi connectivity index (χ0) is 66.8. The SMILES string of the molecule is COCC1OC2OC3C(COC)OC(OC4C(COC)OC(OC5C(COC)OC(OC6C(COC)OC(OC7C(COC)OC(OC8C(COC)OC(OC1C(O)C2O)C(O)C8O)C(O)C7O)C(O)C6O)C(O)C5O)C(O)C4O)C(O)C3O.O=Cc1ccccc1. The predicted molar refractivity (Wildman–Crippen MR) is 294 cm³/mol. The molecule has 21 aliphatic rings. The van der Waals surface area contributed by atoms with Gasteiger partial charge in [0.2, 0.25) is 0 Å². The van der Waals surface area contributed by atoms with Crippen LogP contribution in [0.25, 0.3) is 0 Å². The van der Waals surface area contributed by atoms with Crippen LogP contribution in [0.3, 0.4) is 0 Å². The lowest BCUT2D eigenvalue weighted by atomic mass is 9.95. The van der Waals surface area contributed by atoms with Gasteiger partial charge in [-0.25, -0.2) is 0 Å². The van der Waals surface area contributed by atoms with Gasteiger partial charge in [-0.15, -0.1) is 0 Å². The second-order valence-electron chi connectivity index (χ2n) is 23.1. The lowest BCUT2D eigenvalue weighted by Gasteiger charge is -2.50. The molecule has 21 aliphatic heterocycles. The first-order valence-electron chi connectivity index (χ1n) is 29.7. The topological polar surface area (TPSA) is 494 Å². The summed E-state index contributed by atoms with van der Waals surface area (Å²) in [5, 5.41) is 163. The summed E-state index contributed by atoms with van der Waals surface area (Å²) in [5.74, 6) is 0. The van der Waals surface area contributed by atoms with E-state index < -0.39 is 261 Å². The minimum Gasteiger partial charge on any atom is -0.387 e. The standard InChI is InChI=1S/C49H84O35.C7H6O/c1-64-8-15-36-22(50)29(57)43(71-15)79-37-16(9-65-2)73-45(31(59)24(37)52)81-39-18(11-67-4)75-47(33(61)26(39)54)83-41-20(13-69-6)77-49(35(63)28(41)56)84-42-21(14-70-7)76-48(34(62)27(42)55)82-40-19(12-68-5)74-46(32(60)25(40)53)80-38-17(10-66-3)72-44(78-36)30(58)23(38)51;8-6-7-4-2-1-3-5-7/h15-63H,8-14H2,1-7H3;1-6H. The smallest absolute Gasteiger partial charge is 0.187 e. The summed E-state index contributed by atoms with van der Waals surface area (Å²) in [5.41, 5.74) is 0.729. The number of rotatable bonds is 15. The molecule has 21 heterocycles. The first kappa shape index (κ1) is 75.3. The van der Waals surface area contributed by atoms with Crippen LogP contribution in [-0.4, -0.2) is 389 Å². The van der Waals surface area contributed by atoms with Crippen LogP contribution in [0.1, 0.15) is 10.4 Å². The van der Waals surface area contributed by atoms with Crippen LogP contribution < -0.4 is 0 Å². The van der Waals surface area contributed by atoms with Crippen LogP contribution in [0.5, 0.6) is 0 Å². The second kappa shape index (κ2) is 34.8. The third-order valence-electron chi connectivity index (χ3n) is 16.8. The number of aldehydes is 1. The van der Waals surface area contributed by atoms with Gasteiger partial charge in [-0.05, 0) is 0 Å². The molecule has 21 saturated heterocycles. The van der Waals surface area contributed by atoms with Gasteiger partial charge in [-0.2, -0.15) is 0 Å². The molecular formula is C56H90O36. The van der Waals surface area contributed by atoms with Crippen molar-refractivity contribution in [2.75, 3.05) is 96.0 Å². The molecule has 21 fully saturated rings. The van der Waals surface area contributed by atoms with Crippen molar-refractivity contribution >= 4 is 6.29 Å².